The van der Waals surface area contributed by atoms with E-state index in [2.05, 4.69) is 4.98 Å². The number of phenols is 1. The van der Waals surface area contributed by atoms with Crippen LogP contribution in [-0.2, 0) is 0 Å². The summed E-state index contributed by atoms with van der Waals surface area (Å²) >= 11 is 0. The molecule has 1 aromatic heterocycles. The minimum Gasteiger partial charge on any atom is -0.507 e. The van der Waals surface area contributed by atoms with Gasteiger partial charge in [-0.25, -0.2) is 0 Å². The van der Waals surface area contributed by atoms with Crippen molar-refractivity contribution >= 4 is 11.9 Å². The minimum atomic E-state index is -0.282. The Morgan fingerprint density at radius 1 is 1.30 bits per heavy atom. The van der Waals surface area contributed by atoms with Gasteiger partial charge in [-0.15, -0.1) is 0 Å². The van der Waals surface area contributed by atoms with Crippen molar-refractivity contribution in [1.82, 2.24) is 4.98 Å². The minimum absolute atomic E-state index is 0.110. The second-order valence-corrected chi connectivity index (χ2v) is 5.35. The molecule has 0 aliphatic rings. The summed E-state index contributed by atoms with van der Waals surface area (Å²) in [6, 6.07) is 8.25. The van der Waals surface area contributed by atoms with Crippen molar-refractivity contribution in [2.24, 2.45) is 5.92 Å². The van der Waals surface area contributed by atoms with Gasteiger partial charge in [0.2, 0.25) is 0 Å². The molecular formula is C19H19NO3. The lowest BCUT2D eigenvalue weighted by Gasteiger charge is -2.05. The number of carbonyl (C=O) groups is 1. The van der Waals surface area contributed by atoms with Crippen LogP contribution in [-0.4, -0.2) is 15.9 Å². The van der Waals surface area contributed by atoms with E-state index in [1.165, 1.54) is 12.1 Å². The van der Waals surface area contributed by atoms with E-state index in [0.29, 0.717) is 11.7 Å². The first-order valence-corrected chi connectivity index (χ1v) is 7.35. The summed E-state index contributed by atoms with van der Waals surface area (Å²) in [4.78, 5) is 16.1. The molecule has 118 valence electrons. The third-order valence-corrected chi connectivity index (χ3v) is 3.01. The third kappa shape index (κ3) is 5.11. The highest BCUT2D eigenvalue weighted by atomic mass is 16.5. The molecule has 1 N–H and O–H groups in total. The molecule has 23 heavy (non-hydrogen) atoms. The molecule has 1 heterocycles. The number of nitrogens with zero attached hydrogens (tertiary/aromatic N) is 1. The van der Waals surface area contributed by atoms with E-state index in [1.807, 2.05) is 26.0 Å². The molecule has 0 saturated heterocycles. The van der Waals surface area contributed by atoms with Crippen LogP contribution in [0.4, 0.5) is 0 Å². The van der Waals surface area contributed by atoms with Crippen molar-refractivity contribution in [3.63, 3.8) is 0 Å². The number of phenolic OH excluding ortho intramolecular Hbond substituents is 1. The van der Waals surface area contributed by atoms with Gasteiger partial charge in [-0.1, -0.05) is 19.9 Å². The number of carbonyl (C=O) groups excluding carboxylic acids is 1. The number of ketones is 1. The highest BCUT2D eigenvalue weighted by molar-refractivity contribution is 6.08. The fourth-order valence-corrected chi connectivity index (χ4v) is 1.80. The first-order chi connectivity index (χ1) is 11.1. The fourth-order valence-electron chi connectivity index (χ4n) is 1.80. The Kier molecular flexibility index (Phi) is 5.69. The van der Waals surface area contributed by atoms with Gasteiger partial charge in [-0.05, 0) is 47.9 Å². The van der Waals surface area contributed by atoms with Crippen LogP contribution in [0.5, 0.6) is 11.5 Å². The van der Waals surface area contributed by atoms with Crippen LogP contribution in [0.2, 0.25) is 0 Å². The van der Waals surface area contributed by atoms with Gasteiger partial charge in [0.05, 0.1) is 11.8 Å². The van der Waals surface area contributed by atoms with Crippen molar-refractivity contribution in [1.29, 1.82) is 0 Å². The van der Waals surface area contributed by atoms with E-state index in [9.17, 15) is 9.90 Å². The topological polar surface area (TPSA) is 59.4 Å². The van der Waals surface area contributed by atoms with E-state index in [1.54, 1.807) is 42.9 Å². The zero-order valence-electron chi connectivity index (χ0n) is 13.1. The Labute approximate surface area is 135 Å². The number of hydrogen-bond donors (Lipinski definition) is 1. The quantitative estimate of drug-likeness (QED) is 0.493. The largest absolute Gasteiger partial charge is 0.507 e. The summed E-state index contributed by atoms with van der Waals surface area (Å²) in [5, 5.41) is 10.00. The monoisotopic (exact) mass is 309 g/mol. The predicted octanol–water partition coefficient (Wildman–Crippen LogP) is 4.23. The Morgan fingerprint density at radius 3 is 2.78 bits per heavy atom. The van der Waals surface area contributed by atoms with E-state index in [4.69, 9.17) is 4.74 Å². The molecule has 4 nitrogen and oxygen atoms in total. The molecule has 0 aliphatic carbocycles. The second kappa shape index (κ2) is 7.94. The first kappa shape index (κ1) is 16.5. The molecule has 0 amide bonds. The lowest BCUT2D eigenvalue weighted by Crippen LogP contribution is -1.95. The average molecular weight is 309 g/mol. The summed E-state index contributed by atoms with van der Waals surface area (Å²) in [5.41, 5.74) is 1.05. The average Bonchev–Trinajstić information content (AvgIpc) is 2.53. The van der Waals surface area contributed by atoms with E-state index >= 15 is 0 Å². The Balaban J connectivity index is 2.08. The van der Waals surface area contributed by atoms with Crippen LogP contribution >= 0.6 is 0 Å². The smallest absolute Gasteiger partial charge is 0.189 e. The van der Waals surface area contributed by atoms with Crippen molar-refractivity contribution < 1.29 is 14.6 Å². The summed E-state index contributed by atoms with van der Waals surface area (Å²) < 4.78 is 5.38. The van der Waals surface area contributed by atoms with Gasteiger partial charge in [0.15, 0.2) is 5.78 Å². The van der Waals surface area contributed by atoms with E-state index in [0.717, 1.165) is 5.56 Å². The molecule has 0 bridgehead atoms. The van der Waals surface area contributed by atoms with E-state index < -0.39 is 0 Å². The standard InChI is InChI=1S/C19H19NO3/c1-14(2)9-11-23-16-6-7-17(19(22)12-16)18(21)8-5-15-4-3-10-20-13-15/h3-14,22H,1-2H3/b8-5+,11-9+. The van der Waals surface area contributed by atoms with Gasteiger partial charge in [0.1, 0.15) is 11.5 Å². The first-order valence-electron chi connectivity index (χ1n) is 7.35. The van der Waals surface area contributed by atoms with Gasteiger partial charge in [0.25, 0.3) is 0 Å². The molecule has 0 saturated carbocycles. The molecule has 4 heteroatoms. The number of ether oxygens (including phenoxy) is 1. The summed E-state index contributed by atoms with van der Waals surface area (Å²) in [6.45, 7) is 4.07. The highest BCUT2D eigenvalue weighted by Gasteiger charge is 2.09. The van der Waals surface area contributed by atoms with Crippen molar-refractivity contribution in [3.05, 3.63) is 72.3 Å². The van der Waals surface area contributed by atoms with Crippen LogP contribution in [0.1, 0.15) is 29.8 Å². The number of aromatic hydroxyl groups is 1. The molecule has 1 aromatic carbocycles. The van der Waals surface area contributed by atoms with Crippen LogP contribution in [0.25, 0.3) is 6.08 Å². The maximum absolute atomic E-state index is 12.1. The Hall–Kier alpha value is -2.88. The number of aromatic nitrogens is 1. The number of rotatable bonds is 6. The maximum Gasteiger partial charge on any atom is 0.189 e. The molecule has 0 atom stereocenters. The van der Waals surface area contributed by atoms with Crippen LogP contribution < -0.4 is 4.74 Å². The van der Waals surface area contributed by atoms with Gasteiger partial charge in [-0.2, -0.15) is 0 Å². The molecule has 2 rings (SSSR count). The number of allylic oxidation sites excluding steroid dienone is 2. The second-order valence-electron chi connectivity index (χ2n) is 5.35. The lowest BCUT2D eigenvalue weighted by molar-refractivity contribution is 0.104. The molecular weight excluding hydrogens is 290 g/mol. The van der Waals surface area contributed by atoms with Crippen molar-refractivity contribution in [3.8, 4) is 11.5 Å². The highest BCUT2D eigenvalue weighted by Crippen LogP contribution is 2.24. The molecule has 0 aliphatic heterocycles. The molecule has 2 aromatic rings. The summed E-state index contributed by atoms with van der Waals surface area (Å²) in [5.74, 6) is 0.464. The number of benzene rings is 1. The lowest BCUT2D eigenvalue weighted by atomic mass is 10.1. The van der Waals surface area contributed by atoms with Gasteiger partial charge >= 0.3 is 0 Å². The fraction of sp³-hybridized carbons (Fsp3) is 0.158. The zero-order chi connectivity index (χ0) is 16.7. The molecule has 0 fully saturated rings. The van der Waals surface area contributed by atoms with Gasteiger partial charge in [-0.3, -0.25) is 9.78 Å². The third-order valence-electron chi connectivity index (χ3n) is 3.01. The van der Waals surface area contributed by atoms with Crippen LogP contribution in [0.15, 0.2) is 61.1 Å². The van der Waals surface area contributed by atoms with Crippen LogP contribution in [0.3, 0.4) is 0 Å². The normalized spacial score (nSPS) is 11.4. The van der Waals surface area contributed by atoms with Crippen molar-refractivity contribution in [2.75, 3.05) is 0 Å². The zero-order valence-corrected chi connectivity index (χ0v) is 13.1. The van der Waals surface area contributed by atoms with Crippen LogP contribution in [0, 0.1) is 5.92 Å². The molecule has 0 spiro atoms. The SMILES string of the molecule is CC(C)/C=C/Oc1ccc(C(=O)/C=C/c2cccnc2)c(O)c1. The predicted molar refractivity (Wildman–Crippen MR) is 90.3 cm³/mol. The maximum atomic E-state index is 12.1. The summed E-state index contributed by atoms with van der Waals surface area (Å²) in [6.07, 6.45) is 9.85. The number of pyridine rings is 1. The molecule has 0 radical (unpaired) electrons. The van der Waals surface area contributed by atoms with Gasteiger partial charge in [0, 0.05) is 18.5 Å². The molecule has 0 unspecified atom stereocenters. The Bertz CT molecular complexity index is 719. The van der Waals surface area contributed by atoms with Gasteiger partial charge < -0.3 is 9.84 Å². The summed E-state index contributed by atoms with van der Waals surface area (Å²) in [7, 11) is 0. The number of hydrogen-bond acceptors (Lipinski definition) is 4. The van der Waals surface area contributed by atoms with E-state index in [-0.39, 0.29) is 17.1 Å². The Morgan fingerprint density at radius 2 is 2.13 bits per heavy atom. The van der Waals surface area contributed by atoms with Crippen molar-refractivity contribution in [2.45, 2.75) is 13.8 Å².